The Morgan fingerprint density at radius 1 is 1.39 bits per heavy atom. The van der Waals surface area contributed by atoms with Crippen molar-refractivity contribution in [2.45, 2.75) is 6.54 Å². The van der Waals surface area contributed by atoms with Crippen molar-refractivity contribution in [2.75, 3.05) is 20.3 Å². The van der Waals surface area contributed by atoms with Crippen LogP contribution in [0, 0.1) is 0 Å². The summed E-state index contributed by atoms with van der Waals surface area (Å²) in [4.78, 5) is 0. The predicted octanol–water partition coefficient (Wildman–Crippen LogP) is 2.58. The van der Waals surface area contributed by atoms with Crippen LogP contribution in [0.15, 0.2) is 34.9 Å². The van der Waals surface area contributed by atoms with Crippen molar-refractivity contribution in [3.63, 3.8) is 0 Å². The van der Waals surface area contributed by atoms with Crippen LogP contribution in [0.4, 0.5) is 0 Å². The number of benzene rings is 1. The van der Waals surface area contributed by atoms with Gasteiger partial charge in [0.05, 0.1) is 18.5 Å². The number of aromatic nitrogens is 2. The first-order valence-corrected chi connectivity index (χ1v) is 6.59. The maximum atomic E-state index is 5.00. The number of H-pyrrole nitrogens is 1. The topological polar surface area (TPSA) is 49.9 Å². The molecule has 1 aromatic heterocycles. The van der Waals surface area contributed by atoms with Crippen LogP contribution in [0.25, 0.3) is 11.3 Å². The van der Waals surface area contributed by atoms with Crippen molar-refractivity contribution >= 4 is 15.9 Å². The smallest absolute Gasteiger partial charge is 0.0706 e. The van der Waals surface area contributed by atoms with Crippen LogP contribution in [0.5, 0.6) is 0 Å². The summed E-state index contributed by atoms with van der Waals surface area (Å²) in [6.45, 7) is 2.32. The van der Waals surface area contributed by atoms with Crippen LogP contribution in [-0.4, -0.2) is 30.5 Å². The third kappa shape index (κ3) is 3.19. The van der Waals surface area contributed by atoms with Crippen LogP contribution < -0.4 is 5.32 Å². The third-order valence-corrected chi connectivity index (χ3v) is 3.35. The Morgan fingerprint density at radius 3 is 3.00 bits per heavy atom. The molecule has 0 aliphatic heterocycles. The zero-order valence-corrected chi connectivity index (χ0v) is 11.8. The average molecular weight is 310 g/mol. The molecular formula is C13H16BrN3O. The second-order valence-electron chi connectivity index (χ2n) is 3.92. The number of aromatic amines is 1. The second-order valence-corrected chi connectivity index (χ2v) is 4.77. The number of hydrogen-bond donors (Lipinski definition) is 2. The number of nitrogens with one attached hydrogen (secondary N) is 2. The Balaban J connectivity index is 2.10. The molecule has 1 aromatic carbocycles. The van der Waals surface area contributed by atoms with Crippen LogP contribution in [-0.2, 0) is 11.3 Å². The van der Waals surface area contributed by atoms with Crippen molar-refractivity contribution in [3.8, 4) is 11.3 Å². The van der Waals surface area contributed by atoms with Gasteiger partial charge < -0.3 is 10.1 Å². The first-order valence-electron chi connectivity index (χ1n) is 5.79. The zero-order valence-electron chi connectivity index (χ0n) is 10.2. The first-order chi connectivity index (χ1) is 8.83. The summed E-state index contributed by atoms with van der Waals surface area (Å²) < 4.78 is 6.06. The number of halogens is 1. The molecule has 0 bridgehead atoms. The van der Waals surface area contributed by atoms with Gasteiger partial charge in [0.1, 0.15) is 0 Å². The van der Waals surface area contributed by atoms with Crippen molar-refractivity contribution in [1.82, 2.24) is 15.5 Å². The lowest BCUT2D eigenvalue weighted by Gasteiger charge is -2.06. The van der Waals surface area contributed by atoms with E-state index < -0.39 is 0 Å². The van der Waals surface area contributed by atoms with Gasteiger partial charge in [-0.05, 0) is 6.07 Å². The Morgan fingerprint density at radius 2 is 2.22 bits per heavy atom. The maximum absolute atomic E-state index is 5.00. The van der Waals surface area contributed by atoms with Crippen LogP contribution >= 0.6 is 15.9 Å². The van der Waals surface area contributed by atoms with Crippen LogP contribution in [0.3, 0.4) is 0 Å². The van der Waals surface area contributed by atoms with E-state index in [9.17, 15) is 0 Å². The van der Waals surface area contributed by atoms with Gasteiger partial charge >= 0.3 is 0 Å². The van der Waals surface area contributed by atoms with Gasteiger partial charge in [0.2, 0.25) is 0 Å². The van der Waals surface area contributed by atoms with E-state index >= 15 is 0 Å². The maximum Gasteiger partial charge on any atom is 0.0706 e. The molecule has 0 amide bonds. The van der Waals surface area contributed by atoms with Gasteiger partial charge in [-0.15, -0.1) is 0 Å². The van der Waals surface area contributed by atoms with E-state index in [4.69, 9.17) is 4.74 Å². The number of nitrogens with zero attached hydrogens (tertiary/aromatic N) is 1. The minimum absolute atomic E-state index is 0.711. The molecule has 5 heteroatoms. The SMILES string of the molecule is COCCNCc1cn[nH]c1-c1ccccc1Br. The van der Waals surface area contributed by atoms with E-state index in [-0.39, 0.29) is 0 Å². The summed E-state index contributed by atoms with van der Waals surface area (Å²) in [6, 6.07) is 8.11. The Kier molecular flexibility index (Phi) is 4.92. The minimum atomic E-state index is 0.711. The first kappa shape index (κ1) is 13.3. The molecule has 0 spiro atoms. The molecule has 0 atom stereocenters. The fourth-order valence-electron chi connectivity index (χ4n) is 1.74. The summed E-state index contributed by atoms with van der Waals surface area (Å²) in [7, 11) is 1.70. The number of ether oxygens (including phenoxy) is 1. The Bertz CT molecular complexity index is 498. The van der Waals surface area contributed by atoms with Crippen LogP contribution in [0.1, 0.15) is 5.56 Å². The van der Waals surface area contributed by atoms with E-state index in [2.05, 4.69) is 37.5 Å². The molecule has 2 N–H and O–H groups in total. The van der Waals surface area contributed by atoms with Crippen LogP contribution in [0.2, 0.25) is 0 Å². The number of hydrogen-bond acceptors (Lipinski definition) is 3. The van der Waals surface area contributed by atoms with Crippen molar-refractivity contribution in [2.24, 2.45) is 0 Å². The van der Waals surface area contributed by atoms with Gasteiger partial charge in [-0.25, -0.2) is 0 Å². The summed E-state index contributed by atoms with van der Waals surface area (Å²) in [5.74, 6) is 0. The monoisotopic (exact) mass is 309 g/mol. The molecule has 2 rings (SSSR count). The molecule has 0 saturated carbocycles. The van der Waals surface area contributed by atoms with Crippen molar-refractivity contribution in [1.29, 1.82) is 0 Å². The quantitative estimate of drug-likeness (QED) is 0.806. The molecule has 18 heavy (non-hydrogen) atoms. The molecule has 0 radical (unpaired) electrons. The van der Waals surface area contributed by atoms with Crippen molar-refractivity contribution < 1.29 is 4.74 Å². The van der Waals surface area contributed by atoms with E-state index in [1.807, 2.05) is 24.4 Å². The highest BCUT2D eigenvalue weighted by molar-refractivity contribution is 9.10. The molecule has 0 aliphatic carbocycles. The second kappa shape index (κ2) is 6.68. The molecule has 96 valence electrons. The Labute approximate surface area is 115 Å². The lowest BCUT2D eigenvalue weighted by molar-refractivity contribution is 0.199. The normalized spacial score (nSPS) is 10.8. The highest BCUT2D eigenvalue weighted by Gasteiger charge is 2.09. The number of rotatable bonds is 6. The van der Waals surface area contributed by atoms with E-state index in [1.54, 1.807) is 7.11 Å². The average Bonchev–Trinajstić information content (AvgIpc) is 2.83. The molecule has 2 aromatic rings. The summed E-state index contributed by atoms with van der Waals surface area (Å²) >= 11 is 3.56. The van der Waals surface area contributed by atoms with Gasteiger partial charge in [-0.2, -0.15) is 5.10 Å². The van der Waals surface area contributed by atoms with Gasteiger partial charge in [-0.3, -0.25) is 5.10 Å². The van der Waals surface area contributed by atoms with Gasteiger partial charge in [0, 0.05) is 35.8 Å². The molecule has 0 fully saturated rings. The summed E-state index contributed by atoms with van der Waals surface area (Å²) in [5.41, 5.74) is 3.32. The fourth-order valence-corrected chi connectivity index (χ4v) is 2.22. The van der Waals surface area contributed by atoms with Gasteiger partial charge in [0.25, 0.3) is 0 Å². The minimum Gasteiger partial charge on any atom is -0.383 e. The van der Waals surface area contributed by atoms with Gasteiger partial charge in [0.15, 0.2) is 0 Å². The lowest BCUT2D eigenvalue weighted by atomic mass is 10.1. The van der Waals surface area contributed by atoms with E-state index in [0.29, 0.717) is 6.61 Å². The fraction of sp³-hybridized carbons (Fsp3) is 0.308. The Hall–Kier alpha value is -1.17. The van der Waals surface area contributed by atoms with E-state index in [0.717, 1.165) is 34.4 Å². The van der Waals surface area contributed by atoms with E-state index in [1.165, 1.54) is 0 Å². The molecule has 0 aliphatic rings. The van der Waals surface area contributed by atoms with Gasteiger partial charge in [-0.1, -0.05) is 34.1 Å². The largest absolute Gasteiger partial charge is 0.383 e. The standard InChI is InChI=1S/C13H16BrN3O/c1-18-7-6-15-8-10-9-16-17-13(10)11-4-2-3-5-12(11)14/h2-5,9,15H,6-8H2,1H3,(H,16,17). The lowest BCUT2D eigenvalue weighted by Crippen LogP contribution is -2.18. The summed E-state index contributed by atoms with van der Waals surface area (Å²) in [6.07, 6.45) is 1.86. The number of methoxy groups -OCH3 is 1. The zero-order chi connectivity index (χ0) is 12.8. The molecule has 4 nitrogen and oxygen atoms in total. The molecule has 0 saturated heterocycles. The highest BCUT2D eigenvalue weighted by Crippen LogP contribution is 2.28. The highest BCUT2D eigenvalue weighted by atomic mass is 79.9. The van der Waals surface area contributed by atoms with Crippen molar-refractivity contribution in [3.05, 3.63) is 40.5 Å². The molecular weight excluding hydrogens is 294 g/mol. The predicted molar refractivity (Wildman–Crippen MR) is 75.3 cm³/mol. The molecule has 0 unspecified atom stereocenters. The summed E-state index contributed by atoms with van der Waals surface area (Å²) in [5, 5.41) is 10.5. The third-order valence-electron chi connectivity index (χ3n) is 2.66. The molecule has 1 heterocycles.